The van der Waals surface area contributed by atoms with E-state index in [4.69, 9.17) is 4.18 Å². The molecule has 2 aromatic carbocycles. The molecule has 0 radical (unpaired) electrons. The van der Waals surface area contributed by atoms with Gasteiger partial charge in [0.25, 0.3) is 0 Å². The third-order valence-corrected chi connectivity index (χ3v) is 7.93. The van der Waals surface area contributed by atoms with Crippen molar-refractivity contribution in [3.63, 3.8) is 0 Å². The van der Waals surface area contributed by atoms with Gasteiger partial charge in [-0.1, -0.05) is 55.8 Å². The molecule has 0 aliphatic carbocycles. The number of hydrogen-bond donors (Lipinski definition) is 0. The third kappa shape index (κ3) is 9.58. The van der Waals surface area contributed by atoms with Crippen LogP contribution in [0.5, 0.6) is 5.75 Å². The van der Waals surface area contributed by atoms with E-state index in [1.165, 1.54) is 6.42 Å². The lowest BCUT2D eigenvalue weighted by Crippen LogP contribution is -2.37. The summed E-state index contributed by atoms with van der Waals surface area (Å²) in [7, 11) is -3.70. The van der Waals surface area contributed by atoms with Gasteiger partial charge in [-0.2, -0.15) is 8.42 Å². The van der Waals surface area contributed by atoms with Crippen molar-refractivity contribution in [2.75, 3.05) is 26.2 Å². The van der Waals surface area contributed by atoms with E-state index < -0.39 is 10.1 Å². The zero-order chi connectivity index (χ0) is 25.8. The molecular weight excluding hydrogens is 472 g/mol. The summed E-state index contributed by atoms with van der Waals surface area (Å²) < 4.78 is 30.1. The first-order chi connectivity index (χ1) is 17.4. The quantitative estimate of drug-likeness (QED) is 0.249. The predicted molar refractivity (Wildman–Crippen MR) is 145 cm³/mol. The maximum Gasteiger partial charge on any atom is 0.313 e. The number of likely N-dealkylation sites (tertiary alicyclic amines) is 1. The van der Waals surface area contributed by atoms with Crippen molar-refractivity contribution in [2.24, 2.45) is 0 Å². The van der Waals surface area contributed by atoms with Crippen molar-refractivity contribution in [2.45, 2.75) is 77.0 Å². The van der Waals surface area contributed by atoms with Gasteiger partial charge in [0.15, 0.2) is 0 Å². The highest BCUT2D eigenvalue weighted by Gasteiger charge is 2.18. The van der Waals surface area contributed by atoms with E-state index in [9.17, 15) is 13.2 Å². The van der Waals surface area contributed by atoms with E-state index >= 15 is 0 Å². The number of nitrogens with zero attached hydrogens (tertiary/aromatic N) is 2. The summed E-state index contributed by atoms with van der Waals surface area (Å²) in [6.07, 6.45) is 8.16. The van der Waals surface area contributed by atoms with E-state index in [0.717, 1.165) is 70.3 Å². The molecule has 1 fully saturated rings. The Bertz CT molecular complexity index is 1020. The van der Waals surface area contributed by atoms with Crippen LogP contribution in [0.2, 0.25) is 0 Å². The Morgan fingerprint density at radius 1 is 0.944 bits per heavy atom. The minimum Gasteiger partial charge on any atom is -0.382 e. The smallest absolute Gasteiger partial charge is 0.313 e. The molecule has 1 aliphatic heterocycles. The van der Waals surface area contributed by atoms with E-state index in [1.807, 2.05) is 30.3 Å². The largest absolute Gasteiger partial charge is 0.382 e. The van der Waals surface area contributed by atoms with E-state index in [1.54, 1.807) is 24.3 Å². The number of carbonyl (C=O) groups is 1. The average Bonchev–Trinajstić information content (AvgIpc) is 3.06. The Hall–Kier alpha value is -2.38. The van der Waals surface area contributed by atoms with Gasteiger partial charge in [0.05, 0.1) is 0 Å². The van der Waals surface area contributed by atoms with Crippen molar-refractivity contribution in [3.8, 4) is 5.75 Å². The van der Waals surface area contributed by atoms with Gasteiger partial charge >= 0.3 is 10.1 Å². The van der Waals surface area contributed by atoms with Gasteiger partial charge in [-0.25, -0.2) is 0 Å². The molecule has 0 spiro atoms. The summed E-state index contributed by atoms with van der Waals surface area (Å²) >= 11 is 0. The van der Waals surface area contributed by atoms with Crippen LogP contribution in [0.4, 0.5) is 0 Å². The zero-order valence-corrected chi connectivity index (χ0v) is 22.7. The van der Waals surface area contributed by atoms with Crippen LogP contribution in [-0.2, 0) is 27.1 Å². The van der Waals surface area contributed by atoms with Crippen molar-refractivity contribution >= 4 is 16.0 Å². The Morgan fingerprint density at radius 2 is 1.69 bits per heavy atom. The van der Waals surface area contributed by atoms with E-state index in [-0.39, 0.29) is 5.75 Å². The highest BCUT2D eigenvalue weighted by Crippen LogP contribution is 2.19. The number of amides is 1. The average molecular weight is 515 g/mol. The standard InChI is InChI=1S/C29H42N2O4S/c1-3-19-30(20-10-11-22-31-21-9-5-8-14-29(31)32)25(2)23-26-15-17-28(18-16-26)35-36(33,34)24-27-12-6-4-7-13-27/h4,6-7,12-13,15-18,25H,3,5,8-11,14,19-24H2,1-2H3. The van der Waals surface area contributed by atoms with Crippen LogP contribution in [-0.4, -0.2) is 56.3 Å². The van der Waals surface area contributed by atoms with Gasteiger partial charge in [-0.3, -0.25) is 4.79 Å². The molecule has 1 unspecified atom stereocenters. The fraction of sp³-hybridized carbons (Fsp3) is 0.552. The van der Waals surface area contributed by atoms with Crippen molar-refractivity contribution < 1.29 is 17.4 Å². The topological polar surface area (TPSA) is 66.9 Å². The van der Waals surface area contributed by atoms with Crippen LogP contribution < -0.4 is 4.18 Å². The van der Waals surface area contributed by atoms with E-state index in [2.05, 4.69) is 23.6 Å². The minimum atomic E-state index is -3.70. The zero-order valence-electron chi connectivity index (χ0n) is 21.9. The molecule has 3 rings (SSSR count). The molecule has 1 heterocycles. The van der Waals surface area contributed by atoms with Gasteiger partial charge in [0.2, 0.25) is 5.91 Å². The monoisotopic (exact) mass is 514 g/mol. The van der Waals surface area contributed by atoms with Gasteiger partial charge in [-0.05, 0) is 81.8 Å². The molecule has 36 heavy (non-hydrogen) atoms. The fourth-order valence-corrected chi connectivity index (χ4v) is 5.90. The van der Waals surface area contributed by atoms with Crippen molar-refractivity contribution in [1.29, 1.82) is 0 Å². The first kappa shape index (κ1) is 28.2. The van der Waals surface area contributed by atoms with Gasteiger partial charge in [0.1, 0.15) is 11.5 Å². The second-order valence-corrected chi connectivity index (χ2v) is 11.5. The van der Waals surface area contributed by atoms with E-state index in [0.29, 0.717) is 29.7 Å². The fourth-order valence-electron chi connectivity index (χ4n) is 4.84. The highest BCUT2D eigenvalue weighted by atomic mass is 32.2. The predicted octanol–water partition coefficient (Wildman–Crippen LogP) is 5.42. The Balaban J connectivity index is 1.46. The van der Waals surface area contributed by atoms with Crippen LogP contribution in [0.25, 0.3) is 0 Å². The van der Waals surface area contributed by atoms with Gasteiger partial charge in [0, 0.05) is 25.6 Å². The maximum absolute atomic E-state index is 12.4. The normalized spacial score (nSPS) is 15.6. The second kappa shape index (κ2) is 14.4. The molecule has 7 heteroatoms. The molecule has 1 amide bonds. The summed E-state index contributed by atoms with van der Waals surface area (Å²) in [6, 6.07) is 16.8. The molecule has 6 nitrogen and oxygen atoms in total. The highest BCUT2D eigenvalue weighted by molar-refractivity contribution is 7.86. The van der Waals surface area contributed by atoms with Crippen molar-refractivity contribution in [3.05, 3.63) is 65.7 Å². The first-order valence-electron chi connectivity index (χ1n) is 13.4. The molecule has 1 saturated heterocycles. The molecular formula is C29H42N2O4S. The number of benzene rings is 2. The molecule has 1 atom stereocenters. The molecule has 198 valence electrons. The SMILES string of the molecule is CCCN(CCCCN1CCCCCC1=O)C(C)Cc1ccc(OS(=O)(=O)Cc2ccccc2)cc1. The number of rotatable bonds is 14. The summed E-state index contributed by atoms with van der Waals surface area (Å²) in [4.78, 5) is 16.8. The molecule has 0 N–H and O–H groups in total. The minimum absolute atomic E-state index is 0.148. The van der Waals surface area contributed by atoms with Gasteiger partial charge in [-0.15, -0.1) is 0 Å². The van der Waals surface area contributed by atoms with Crippen LogP contribution in [0.3, 0.4) is 0 Å². The first-order valence-corrected chi connectivity index (χ1v) is 15.0. The number of unbranched alkanes of at least 4 members (excludes halogenated alkanes) is 1. The van der Waals surface area contributed by atoms with Crippen LogP contribution >= 0.6 is 0 Å². The van der Waals surface area contributed by atoms with Crippen LogP contribution in [0.1, 0.15) is 69.9 Å². The number of hydrogen-bond acceptors (Lipinski definition) is 5. The van der Waals surface area contributed by atoms with Gasteiger partial charge < -0.3 is 14.0 Å². The van der Waals surface area contributed by atoms with Crippen LogP contribution in [0, 0.1) is 0 Å². The lowest BCUT2D eigenvalue weighted by molar-refractivity contribution is -0.130. The molecule has 0 bridgehead atoms. The van der Waals surface area contributed by atoms with Crippen LogP contribution in [0.15, 0.2) is 54.6 Å². The molecule has 2 aromatic rings. The maximum atomic E-state index is 12.4. The Labute approximate surface area is 217 Å². The molecule has 0 saturated carbocycles. The Kier molecular flexibility index (Phi) is 11.3. The Morgan fingerprint density at radius 3 is 2.42 bits per heavy atom. The summed E-state index contributed by atoms with van der Waals surface area (Å²) in [5, 5.41) is 0. The lowest BCUT2D eigenvalue weighted by Gasteiger charge is -2.29. The lowest BCUT2D eigenvalue weighted by atomic mass is 10.0. The van der Waals surface area contributed by atoms with Crippen molar-refractivity contribution in [1.82, 2.24) is 9.80 Å². The summed E-state index contributed by atoms with van der Waals surface area (Å²) in [6.45, 7) is 8.32. The summed E-state index contributed by atoms with van der Waals surface area (Å²) in [5.41, 5.74) is 1.86. The number of carbonyl (C=O) groups excluding carboxylic acids is 1. The molecule has 0 aromatic heterocycles. The second-order valence-electron chi connectivity index (χ2n) is 9.90. The molecule has 1 aliphatic rings. The summed E-state index contributed by atoms with van der Waals surface area (Å²) in [5.74, 6) is 0.521. The third-order valence-electron chi connectivity index (χ3n) is 6.79.